The largest absolute Gasteiger partial charge is 0.486 e. The van der Waals surface area contributed by atoms with E-state index < -0.39 is 15.3 Å². The predicted octanol–water partition coefficient (Wildman–Crippen LogP) is 4.42. The van der Waals surface area contributed by atoms with Gasteiger partial charge in [0.2, 0.25) is 10.0 Å². The average molecular weight is 438 g/mol. The molecule has 7 heteroatoms. The fraction of sp³-hybridized carbons (Fsp3) is 0.333. The molecule has 0 bridgehead atoms. The zero-order valence-electron chi connectivity index (χ0n) is 17.8. The number of hydrogen-bond donors (Lipinski definition) is 0. The quantitative estimate of drug-likeness (QED) is 0.571. The van der Waals surface area contributed by atoms with E-state index in [1.54, 1.807) is 16.7 Å². The molecule has 0 spiro atoms. The van der Waals surface area contributed by atoms with Crippen molar-refractivity contribution < 1.29 is 13.2 Å². The topological polar surface area (TPSA) is 72.4 Å². The highest BCUT2D eigenvalue weighted by atomic mass is 32.2. The van der Waals surface area contributed by atoms with Crippen LogP contribution in [0.5, 0.6) is 5.75 Å². The monoisotopic (exact) mass is 437 g/mol. The average Bonchev–Trinajstić information content (AvgIpc) is 2.77. The lowest BCUT2D eigenvalue weighted by atomic mass is 10.0. The van der Waals surface area contributed by atoms with Crippen molar-refractivity contribution in [3.63, 3.8) is 0 Å². The van der Waals surface area contributed by atoms with Gasteiger partial charge in [-0.2, -0.15) is 4.31 Å². The van der Waals surface area contributed by atoms with Crippen molar-refractivity contribution >= 4 is 10.0 Å². The highest BCUT2D eigenvalue weighted by Crippen LogP contribution is 2.38. The third-order valence-electron chi connectivity index (χ3n) is 5.66. The first-order valence-corrected chi connectivity index (χ1v) is 12.0. The smallest absolute Gasteiger partial charge is 0.221 e. The van der Waals surface area contributed by atoms with Crippen LogP contribution in [0, 0.1) is 6.92 Å². The van der Waals surface area contributed by atoms with Crippen molar-refractivity contribution in [1.29, 1.82) is 0 Å². The van der Waals surface area contributed by atoms with E-state index in [1.807, 2.05) is 68.4 Å². The van der Waals surface area contributed by atoms with Crippen LogP contribution in [0.25, 0.3) is 0 Å². The molecule has 6 nitrogen and oxygen atoms in total. The maximum absolute atomic E-state index is 13.4. The zero-order valence-corrected chi connectivity index (χ0v) is 18.6. The van der Waals surface area contributed by atoms with Crippen molar-refractivity contribution in [2.24, 2.45) is 0 Å². The molecule has 3 aromatic rings. The molecule has 2 heterocycles. The van der Waals surface area contributed by atoms with Gasteiger partial charge in [0.25, 0.3) is 0 Å². The summed E-state index contributed by atoms with van der Waals surface area (Å²) in [7, 11) is -3.44. The van der Waals surface area contributed by atoms with Crippen molar-refractivity contribution in [3.05, 3.63) is 89.5 Å². The van der Waals surface area contributed by atoms with Crippen LogP contribution in [0.4, 0.5) is 0 Å². The van der Waals surface area contributed by atoms with Crippen LogP contribution >= 0.6 is 0 Å². The summed E-state index contributed by atoms with van der Waals surface area (Å²) >= 11 is 0. The van der Waals surface area contributed by atoms with Crippen LogP contribution < -0.4 is 4.74 Å². The molecule has 1 aliphatic heterocycles. The van der Waals surface area contributed by atoms with E-state index in [1.165, 1.54) is 0 Å². The Labute approximate surface area is 184 Å². The molecule has 1 fully saturated rings. The molecule has 0 aliphatic carbocycles. The maximum atomic E-state index is 13.4. The molecule has 0 radical (unpaired) electrons. The second-order valence-corrected chi connectivity index (χ2v) is 10.1. The van der Waals surface area contributed by atoms with E-state index >= 15 is 0 Å². The summed E-state index contributed by atoms with van der Waals surface area (Å²) in [5.74, 6) is 1.32. The number of aryl methyl sites for hydroxylation is 1. The van der Waals surface area contributed by atoms with Crippen LogP contribution in [0.1, 0.15) is 47.5 Å². The molecule has 2 atom stereocenters. The molecular weight excluding hydrogens is 410 g/mol. The summed E-state index contributed by atoms with van der Waals surface area (Å²) < 4.78 is 34.1. The summed E-state index contributed by atoms with van der Waals surface area (Å²) in [6.45, 7) is 4.57. The highest BCUT2D eigenvalue weighted by molar-refractivity contribution is 7.89. The fourth-order valence-corrected chi connectivity index (χ4v) is 6.06. The molecule has 0 amide bonds. The maximum Gasteiger partial charge on any atom is 0.221 e. The van der Waals surface area contributed by atoms with Crippen LogP contribution in [0.15, 0.2) is 67.0 Å². The molecule has 4 rings (SSSR count). The molecule has 1 unspecified atom stereocenters. The molecule has 2 aromatic carbocycles. The minimum Gasteiger partial charge on any atom is -0.486 e. The summed E-state index contributed by atoms with van der Waals surface area (Å²) in [5, 5.41) is -0.484. The second kappa shape index (κ2) is 9.16. The highest BCUT2D eigenvalue weighted by Gasteiger charge is 2.40. The first-order valence-electron chi connectivity index (χ1n) is 10.5. The SMILES string of the molecule is Cc1cnc(COc2ccc(CN3[C@@H](C)CCC(c4ccccc4)S3(=O)=O)cc2)nc1. The Kier molecular flexibility index (Phi) is 6.34. The normalized spacial score (nSPS) is 21.0. The van der Waals surface area contributed by atoms with Crippen molar-refractivity contribution in [2.45, 2.75) is 51.1 Å². The Morgan fingerprint density at radius 3 is 2.35 bits per heavy atom. The van der Waals surface area contributed by atoms with Gasteiger partial charge in [0.15, 0.2) is 5.82 Å². The molecule has 0 N–H and O–H groups in total. The second-order valence-electron chi connectivity index (χ2n) is 8.03. The third kappa shape index (κ3) is 4.94. The van der Waals surface area contributed by atoms with Crippen LogP contribution in [-0.2, 0) is 23.2 Å². The first kappa shape index (κ1) is 21.5. The fourth-order valence-electron chi connectivity index (χ4n) is 3.86. The van der Waals surface area contributed by atoms with E-state index in [0.717, 1.165) is 23.1 Å². The standard InChI is InChI=1S/C24H27N3O3S/c1-18-14-25-24(26-15-18)17-30-22-11-9-20(10-12-22)16-27-19(2)8-13-23(31(27,28)29)21-6-4-3-5-7-21/h3-7,9-12,14-15,19,23H,8,13,16-17H2,1-2H3/t19-,23?/m0/s1. The predicted molar refractivity (Wildman–Crippen MR) is 120 cm³/mol. The lowest BCUT2D eigenvalue weighted by molar-refractivity contribution is 0.281. The van der Waals surface area contributed by atoms with Gasteiger partial charge in [-0.3, -0.25) is 0 Å². The minimum absolute atomic E-state index is 0.0282. The van der Waals surface area contributed by atoms with Gasteiger partial charge in [-0.1, -0.05) is 42.5 Å². The number of ether oxygens (including phenoxy) is 1. The van der Waals surface area contributed by atoms with Gasteiger partial charge in [-0.05, 0) is 55.5 Å². The van der Waals surface area contributed by atoms with Crippen LogP contribution in [0.2, 0.25) is 0 Å². The van der Waals surface area contributed by atoms with Crippen molar-refractivity contribution in [1.82, 2.24) is 14.3 Å². The van der Waals surface area contributed by atoms with E-state index in [4.69, 9.17) is 4.74 Å². The van der Waals surface area contributed by atoms with Crippen molar-refractivity contribution in [3.8, 4) is 5.75 Å². The third-order valence-corrected chi connectivity index (χ3v) is 8.03. The van der Waals surface area contributed by atoms with Gasteiger partial charge >= 0.3 is 0 Å². The van der Waals surface area contributed by atoms with Gasteiger partial charge < -0.3 is 4.74 Å². The summed E-state index contributed by atoms with van der Waals surface area (Å²) in [4.78, 5) is 8.47. The van der Waals surface area contributed by atoms with Gasteiger partial charge in [0.05, 0.1) is 0 Å². The number of rotatable bonds is 6. The molecule has 162 valence electrons. The Bertz CT molecular complexity index is 1100. The minimum atomic E-state index is -3.44. The summed E-state index contributed by atoms with van der Waals surface area (Å²) in [6.07, 6.45) is 5.02. The lowest BCUT2D eigenvalue weighted by Gasteiger charge is -2.37. The molecule has 31 heavy (non-hydrogen) atoms. The van der Waals surface area contributed by atoms with Gasteiger partial charge in [0.1, 0.15) is 17.6 Å². The van der Waals surface area contributed by atoms with E-state index in [-0.39, 0.29) is 12.6 Å². The Hall–Kier alpha value is -2.77. The first-order chi connectivity index (χ1) is 14.9. The number of sulfonamides is 1. The van der Waals surface area contributed by atoms with E-state index in [0.29, 0.717) is 24.5 Å². The molecule has 0 saturated carbocycles. The summed E-state index contributed by atoms with van der Waals surface area (Å²) in [5.41, 5.74) is 2.80. The molecule has 1 saturated heterocycles. The number of hydrogen-bond acceptors (Lipinski definition) is 5. The van der Waals surface area contributed by atoms with Gasteiger partial charge in [-0.25, -0.2) is 18.4 Å². The summed E-state index contributed by atoms with van der Waals surface area (Å²) in [6, 6.07) is 17.0. The number of benzene rings is 2. The van der Waals surface area contributed by atoms with E-state index in [9.17, 15) is 8.42 Å². The number of aromatic nitrogens is 2. The van der Waals surface area contributed by atoms with Gasteiger partial charge in [-0.15, -0.1) is 0 Å². The Balaban J connectivity index is 1.44. The number of nitrogens with zero attached hydrogens (tertiary/aromatic N) is 3. The van der Waals surface area contributed by atoms with Crippen LogP contribution in [0.3, 0.4) is 0 Å². The Morgan fingerprint density at radius 2 is 1.68 bits per heavy atom. The molecule has 1 aliphatic rings. The zero-order chi connectivity index (χ0) is 21.8. The van der Waals surface area contributed by atoms with E-state index in [2.05, 4.69) is 9.97 Å². The molecule has 1 aromatic heterocycles. The van der Waals surface area contributed by atoms with Crippen LogP contribution in [-0.4, -0.2) is 28.7 Å². The molecular formula is C24H27N3O3S. The van der Waals surface area contributed by atoms with Crippen molar-refractivity contribution in [2.75, 3.05) is 0 Å². The Morgan fingerprint density at radius 1 is 1.00 bits per heavy atom. The lowest BCUT2D eigenvalue weighted by Crippen LogP contribution is -2.44. The van der Waals surface area contributed by atoms with Gasteiger partial charge in [0, 0.05) is 25.0 Å².